The van der Waals surface area contributed by atoms with Crippen LogP contribution in [0.1, 0.15) is 23.0 Å². The van der Waals surface area contributed by atoms with Gasteiger partial charge in [-0.2, -0.15) is 4.98 Å². The van der Waals surface area contributed by atoms with Gasteiger partial charge in [-0.15, -0.1) is 0 Å². The molecule has 0 saturated carbocycles. The maximum atomic E-state index is 11.7. The van der Waals surface area contributed by atoms with E-state index in [2.05, 4.69) is 20.2 Å². The number of esters is 1. The molecule has 1 N–H and O–H groups in total. The maximum Gasteiger partial charge on any atom is 0.338 e. The normalized spacial score (nSPS) is 14.0. The Labute approximate surface area is 158 Å². The molecular formula is C19H23N5O3. The van der Waals surface area contributed by atoms with Crippen LogP contribution in [0.3, 0.4) is 0 Å². The summed E-state index contributed by atoms with van der Waals surface area (Å²) in [6.07, 6.45) is 0.884. The Morgan fingerprint density at radius 3 is 2.52 bits per heavy atom. The predicted molar refractivity (Wildman–Crippen MR) is 102 cm³/mol. The van der Waals surface area contributed by atoms with E-state index >= 15 is 0 Å². The van der Waals surface area contributed by atoms with E-state index in [1.807, 2.05) is 13.0 Å². The lowest BCUT2D eigenvalue weighted by molar-refractivity contribution is -0.118. The Hall–Kier alpha value is -3.16. The average Bonchev–Trinajstić information content (AvgIpc) is 2.68. The summed E-state index contributed by atoms with van der Waals surface area (Å²) in [4.78, 5) is 35.5. The van der Waals surface area contributed by atoms with E-state index in [-0.39, 0.29) is 5.97 Å². The zero-order valence-electron chi connectivity index (χ0n) is 15.5. The molecule has 2 aromatic rings. The number of carbonyl (C=O) groups is 2. The second-order valence-corrected chi connectivity index (χ2v) is 6.24. The van der Waals surface area contributed by atoms with Crippen molar-refractivity contribution >= 4 is 29.8 Å². The number of amides is 1. The molecule has 142 valence electrons. The Morgan fingerprint density at radius 2 is 1.89 bits per heavy atom. The van der Waals surface area contributed by atoms with Gasteiger partial charge in [0.05, 0.1) is 12.2 Å². The maximum absolute atomic E-state index is 11.7. The molecule has 0 radical (unpaired) electrons. The summed E-state index contributed by atoms with van der Waals surface area (Å²) in [6, 6.07) is 8.93. The number of hydrogen-bond donors (Lipinski definition) is 1. The first kappa shape index (κ1) is 18.6. The predicted octanol–water partition coefficient (Wildman–Crippen LogP) is 1.98. The molecule has 0 aliphatic carbocycles. The molecule has 3 rings (SSSR count). The van der Waals surface area contributed by atoms with Crippen LogP contribution in [0, 0.1) is 6.92 Å². The smallest absolute Gasteiger partial charge is 0.338 e. The lowest BCUT2D eigenvalue weighted by Crippen LogP contribution is -2.46. The van der Waals surface area contributed by atoms with Crippen LogP contribution in [0.4, 0.5) is 17.5 Å². The van der Waals surface area contributed by atoms with Crippen LogP contribution < -0.4 is 10.2 Å². The first-order valence-corrected chi connectivity index (χ1v) is 8.93. The summed E-state index contributed by atoms with van der Waals surface area (Å²) in [5.74, 6) is 0.984. The molecule has 1 fully saturated rings. The second-order valence-electron chi connectivity index (χ2n) is 6.24. The monoisotopic (exact) mass is 369 g/mol. The largest absolute Gasteiger partial charge is 0.462 e. The fraction of sp³-hybridized carbons (Fsp3) is 0.368. The van der Waals surface area contributed by atoms with Crippen molar-refractivity contribution in [2.45, 2.75) is 13.8 Å². The van der Waals surface area contributed by atoms with Gasteiger partial charge in [0, 0.05) is 43.6 Å². The van der Waals surface area contributed by atoms with Crippen molar-refractivity contribution in [3.63, 3.8) is 0 Å². The molecule has 0 spiro atoms. The second kappa shape index (κ2) is 8.48. The third-order valence-corrected chi connectivity index (χ3v) is 4.28. The summed E-state index contributed by atoms with van der Waals surface area (Å²) >= 11 is 0. The summed E-state index contributed by atoms with van der Waals surface area (Å²) in [6.45, 7) is 6.89. The van der Waals surface area contributed by atoms with Crippen molar-refractivity contribution in [2.24, 2.45) is 0 Å². The number of piperazine rings is 1. The molecule has 0 bridgehead atoms. The molecule has 1 aromatic carbocycles. The van der Waals surface area contributed by atoms with Crippen molar-refractivity contribution in [1.29, 1.82) is 0 Å². The highest BCUT2D eigenvalue weighted by atomic mass is 16.5. The zero-order chi connectivity index (χ0) is 19.2. The average molecular weight is 369 g/mol. The van der Waals surface area contributed by atoms with Gasteiger partial charge in [-0.05, 0) is 38.1 Å². The molecule has 1 aliphatic rings. The molecule has 1 aromatic heterocycles. The molecule has 27 heavy (non-hydrogen) atoms. The van der Waals surface area contributed by atoms with Gasteiger partial charge in [0.15, 0.2) is 0 Å². The minimum Gasteiger partial charge on any atom is -0.462 e. The van der Waals surface area contributed by atoms with Crippen molar-refractivity contribution < 1.29 is 14.3 Å². The molecule has 8 heteroatoms. The van der Waals surface area contributed by atoms with Crippen LogP contribution in [0.2, 0.25) is 0 Å². The first-order chi connectivity index (χ1) is 13.1. The minimum atomic E-state index is -0.340. The third kappa shape index (κ3) is 4.72. The standard InChI is InChI=1S/C19H23N5O3/c1-3-27-18(26)15-4-6-16(7-5-15)21-19-20-14(2)12-17(22-19)24-10-8-23(13-25)9-11-24/h4-7,12-13H,3,8-11H2,1-2H3,(H,20,21,22). The van der Waals surface area contributed by atoms with Gasteiger partial charge in [-0.3, -0.25) is 4.79 Å². The Morgan fingerprint density at radius 1 is 1.19 bits per heavy atom. The minimum absolute atomic E-state index is 0.340. The quantitative estimate of drug-likeness (QED) is 0.615. The van der Waals surface area contributed by atoms with Crippen LogP contribution in [-0.2, 0) is 9.53 Å². The molecule has 1 saturated heterocycles. The van der Waals surface area contributed by atoms with E-state index in [0.29, 0.717) is 31.2 Å². The topological polar surface area (TPSA) is 87.7 Å². The van der Waals surface area contributed by atoms with Gasteiger partial charge in [0.25, 0.3) is 0 Å². The number of ether oxygens (including phenoxy) is 1. The van der Waals surface area contributed by atoms with Gasteiger partial charge < -0.3 is 19.9 Å². The molecule has 2 heterocycles. The van der Waals surface area contributed by atoms with Crippen molar-refractivity contribution in [2.75, 3.05) is 43.0 Å². The molecular weight excluding hydrogens is 346 g/mol. The van der Waals surface area contributed by atoms with Crippen LogP contribution in [-0.4, -0.2) is 60.0 Å². The Bertz CT molecular complexity index is 801. The number of aryl methyl sites for hydroxylation is 1. The number of carbonyl (C=O) groups excluding carboxylic acids is 2. The highest BCUT2D eigenvalue weighted by Crippen LogP contribution is 2.20. The lowest BCUT2D eigenvalue weighted by atomic mass is 10.2. The number of nitrogens with zero attached hydrogens (tertiary/aromatic N) is 4. The van der Waals surface area contributed by atoms with Crippen LogP contribution in [0.25, 0.3) is 0 Å². The van der Waals surface area contributed by atoms with E-state index in [4.69, 9.17) is 4.74 Å². The van der Waals surface area contributed by atoms with Crippen molar-refractivity contribution in [3.05, 3.63) is 41.6 Å². The highest BCUT2D eigenvalue weighted by molar-refractivity contribution is 5.89. The van der Waals surface area contributed by atoms with Gasteiger partial charge in [0.1, 0.15) is 5.82 Å². The molecule has 1 aliphatic heterocycles. The van der Waals surface area contributed by atoms with Gasteiger partial charge in [0.2, 0.25) is 12.4 Å². The lowest BCUT2D eigenvalue weighted by Gasteiger charge is -2.33. The number of hydrogen-bond acceptors (Lipinski definition) is 7. The number of rotatable bonds is 6. The Kier molecular flexibility index (Phi) is 5.85. The summed E-state index contributed by atoms with van der Waals surface area (Å²) in [7, 11) is 0. The summed E-state index contributed by atoms with van der Waals surface area (Å²) < 4.78 is 4.99. The number of anilines is 3. The van der Waals surface area contributed by atoms with Gasteiger partial charge >= 0.3 is 5.97 Å². The first-order valence-electron chi connectivity index (χ1n) is 8.93. The van der Waals surface area contributed by atoms with Crippen LogP contribution in [0.5, 0.6) is 0 Å². The van der Waals surface area contributed by atoms with E-state index < -0.39 is 0 Å². The van der Waals surface area contributed by atoms with Gasteiger partial charge in [-0.25, -0.2) is 9.78 Å². The summed E-state index contributed by atoms with van der Waals surface area (Å²) in [5, 5.41) is 3.17. The molecule has 0 unspecified atom stereocenters. The van der Waals surface area contributed by atoms with Crippen LogP contribution >= 0.6 is 0 Å². The highest BCUT2D eigenvalue weighted by Gasteiger charge is 2.18. The molecule has 1 amide bonds. The summed E-state index contributed by atoms with van der Waals surface area (Å²) in [5.41, 5.74) is 2.13. The van der Waals surface area contributed by atoms with E-state index in [0.717, 1.165) is 36.7 Å². The van der Waals surface area contributed by atoms with Crippen molar-refractivity contribution in [1.82, 2.24) is 14.9 Å². The molecule has 8 nitrogen and oxygen atoms in total. The fourth-order valence-corrected chi connectivity index (χ4v) is 2.86. The van der Waals surface area contributed by atoms with Gasteiger partial charge in [-0.1, -0.05) is 0 Å². The SMILES string of the molecule is CCOC(=O)c1ccc(Nc2nc(C)cc(N3CCN(C=O)CC3)n2)cc1. The van der Waals surface area contributed by atoms with E-state index in [1.54, 1.807) is 36.1 Å². The number of benzene rings is 1. The van der Waals surface area contributed by atoms with E-state index in [1.165, 1.54) is 0 Å². The molecule has 0 atom stereocenters. The zero-order valence-corrected chi connectivity index (χ0v) is 15.5. The van der Waals surface area contributed by atoms with Crippen LogP contribution in [0.15, 0.2) is 30.3 Å². The van der Waals surface area contributed by atoms with E-state index in [9.17, 15) is 9.59 Å². The Balaban J connectivity index is 1.71. The number of aromatic nitrogens is 2. The number of nitrogens with one attached hydrogen (secondary N) is 1. The third-order valence-electron chi connectivity index (χ3n) is 4.28. The fourth-order valence-electron chi connectivity index (χ4n) is 2.86. The van der Waals surface area contributed by atoms with Crippen molar-refractivity contribution in [3.8, 4) is 0 Å².